The van der Waals surface area contributed by atoms with Crippen molar-refractivity contribution in [2.75, 3.05) is 0 Å². The molecular weight excluding hydrogens is 136 g/mol. The molecule has 0 saturated heterocycles. The number of fused-ring (bicyclic) bond motifs is 2. The van der Waals surface area contributed by atoms with Crippen molar-refractivity contribution in [1.82, 2.24) is 6.15 Å². The smallest absolute Gasteiger partial charge is 0.156 e. The fourth-order valence-corrected chi connectivity index (χ4v) is 1.05. The van der Waals surface area contributed by atoms with E-state index in [0.29, 0.717) is 0 Å². The summed E-state index contributed by atoms with van der Waals surface area (Å²) in [5, 5.41) is 0. The molecule has 0 fully saturated rings. The van der Waals surface area contributed by atoms with Gasteiger partial charge in [0, 0.05) is 11.1 Å². The molecule has 3 heteroatoms. The highest BCUT2D eigenvalue weighted by Crippen LogP contribution is 2.39. The second-order valence-corrected chi connectivity index (χ2v) is 2.11. The van der Waals surface area contributed by atoms with Gasteiger partial charge < -0.3 is 6.15 Å². The Morgan fingerprint density at radius 1 is 1.20 bits per heavy atom. The van der Waals surface area contributed by atoms with Crippen molar-refractivity contribution >= 4 is 0 Å². The molecule has 0 saturated carbocycles. The summed E-state index contributed by atoms with van der Waals surface area (Å²) >= 11 is 0. The van der Waals surface area contributed by atoms with Gasteiger partial charge in [-0.3, -0.25) is 0 Å². The van der Waals surface area contributed by atoms with Crippen LogP contribution in [0.4, 0.5) is 8.78 Å². The Morgan fingerprint density at radius 3 is 1.90 bits per heavy atom. The highest BCUT2D eigenvalue weighted by molar-refractivity contribution is 5.43. The molecule has 0 aromatic heterocycles. The van der Waals surface area contributed by atoms with Crippen LogP contribution >= 0.6 is 0 Å². The molecule has 2 aliphatic rings. The van der Waals surface area contributed by atoms with Crippen LogP contribution in [-0.4, -0.2) is 0 Å². The minimum Gasteiger partial charge on any atom is -0.344 e. The first-order valence-electron chi connectivity index (χ1n) is 2.73. The lowest BCUT2D eigenvalue weighted by Crippen LogP contribution is -2.12. The Morgan fingerprint density at radius 2 is 1.70 bits per heavy atom. The van der Waals surface area contributed by atoms with E-state index in [9.17, 15) is 8.78 Å². The lowest BCUT2D eigenvalue weighted by molar-refractivity contribution is 0.336. The molecule has 1 nitrogen and oxygen atoms in total. The maximum absolute atomic E-state index is 12.5. The Bertz CT molecular complexity index is 238. The van der Waals surface area contributed by atoms with Crippen LogP contribution in [0.25, 0.3) is 0 Å². The maximum Gasteiger partial charge on any atom is 0.156 e. The first-order chi connectivity index (χ1) is 4.30. The van der Waals surface area contributed by atoms with E-state index in [-0.39, 0.29) is 23.1 Å². The van der Waals surface area contributed by atoms with Gasteiger partial charge in [-0.2, -0.15) is 0 Å². The number of alkyl halides is 1. The number of hydrogen-bond donors (Lipinski definition) is 1. The predicted molar refractivity (Wildman–Crippen MR) is 34.4 cm³/mol. The van der Waals surface area contributed by atoms with Gasteiger partial charge in [0.25, 0.3) is 0 Å². The number of hydrogen-bond acceptors (Lipinski definition) is 1. The minimum absolute atomic E-state index is 0. The van der Waals surface area contributed by atoms with E-state index < -0.39 is 6.17 Å². The summed E-state index contributed by atoms with van der Waals surface area (Å²) in [6, 6.07) is 4.59. The molecule has 3 rings (SSSR count). The lowest BCUT2D eigenvalue weighted by Gasteiger charge is -2.21. The molecule has 54 valence electrons. The van der Waals surface area contributed by atoms with Gasteiger partial charge in [-0.1, -0.05) is 18.2 Å². The van der Waals surface area contributed by atoms with E-state index in [4.69, 9.17) is 0 Å². The van der Waals surface area contributed by atoms with E-state index in [1.165, 1.54) is 12.1 Å². The third kappa shape index (κ3) is 0.580. The van der Waals surface area contributed by atoms with Gasteiger partial charge in [0.15, 0.2) is 6.17 Å². The van der Waals surface area contributed by atoms with E-state index in [1.807, 2.05) is 0 Å². The molecule has 10 heavy (non-hydrogen) atoms. The molecule has 0 unspecified atom stereocenters. The van der Waals surface area contributed by atoms with Crippen molar-refractivity contribution in [1.29, 1.82) is 0 Å². The third-order valence-corrected chi connectivity index (χ3v) is 1.60. The average molecular weight is 143 g/mol. The molecule has 1 aromatic carbocycles. The summed E-state index contributed by atoms with van der Waals surface area (Å²) in [5.41, 5.74) is 0.403. The Kier molecular flexibility index (Phi) is 1.45. The van der Waals surface area contributed by atoms with E-state index in [1.54, 1.807) is 6.07 Å². The van der Waals surface area contributed by atoms with Crippen molar-refractivity contribution in [3.8, 4) is 0 Å². The quantitative estimate of drug-likeness (QED) is 0.594. The minimum atomic E-state index is -1.14. The van der Waals surface area contributed by atoms with Crippen LogP contribution in [0.5, 0.6) is 0 Å². The molecule has 0 amide bonds. The zero-order valence-electron chi connectivity index (χ0n) is 5.27. The molecular formula is C7H7F2N. The van der Waals surface area contributed by atoms with Gasteiger partial charge in [-0.25, -0.2) is 8.78 Å². The summed E-state index contributed by atoms with van der Waals surface area (Å²) in [4.78, 5) is 0. The zero-order chi connectivity index (χ0) is 6.43. The summed E-state index contributed by atoms with van der Waals surface area (Å²) in [7, 11) is 0. The first-order valence-corrected chi connectivity index (χ1v) is 2.73. The summed E-state index contributed by atoms with van der Waals surface area (Å²) in [6.07, 6.45) is -1.14. The third-order valence-electron chi connectivity index (χ3n) is 1.60. The second kappa shape index (κ2) is 2.02. The molecule has 1 aromatic rings. The molecule has 2 aliphatic carbocycles. The van der Waals surface area contributed by atoms with Gasteiger partial charge in [0.1, 0.15) is 5.82 Å². The van der Waals surface area contributed by atoms with Crippen LogP contribution in [-0.2, 0) is 0 Å². The van der Waals surface area contributed by atoms with Crippen LogP contribution in [0, 0.1) is 5.82 Å². The standard InChI is InChI=1S/C7H4F2.H3N/c8-6-4-2-1-3-5(6)7(4)9;/h1-3,6H;1H3. The summed E-state index contributed by atoms with van der Waals surface area (Å²) < 4.78 is 24.9. The van der Waals surface area contributed by atoms with Crippen LogP contribution in [0.15, 0.2) is 18.2 Å². The second-order valence-electron chi connectivity index (χ2n) is 2.11. The Hall–Kier alpha value is -0.960. The SMILES string of the molecule is Fc1c2cccc1C2F.N. The van der Waals surface area contributed by atoms with Gasteiger partial charge in [-0.05, 0) is 0 Å². The molecule has 0 heterocycles. The molecule has 0 radical (unpaired) electrons. The molecule has 2 bridgehead atoms. The topological polar surface area (TPSA) is 35.0 Å². The molecule has 0 aliphatic heterocycles. The van der Waals surface area contributed by atoms with E-state index >= 15 is 0 Å². The Labute approximate surface area is 57.3 Å². The molecule has 0 atom stereocenters. The van der Waals surface area contributed by atoms with Crippen LogP contribution in [0.1, 0.15) is 17.3 Å². The van der Waals surface area contributed by atoms with Crippen LogP contribution < -0.4 is 6.15 Å². The van der Waals surface area contributed by atoms with Crippen molar-refractivity contribution in [2.45, 2.75) is 6.17 Å². The molecule has 0 spiro atoms. The van der Waals surface area contributed by atoms with Gasteiger partial charge >= 0.3 is 0 Å². The van der Waals surface area contributed by atoms with Crippen molar-refractivity contribution in [3.63, 3.8) is 0 Å². The number of halogens is 2. The maximum atomic E-state index is 12.5. The highest BCUT2D eigenvalue weighted by atomic mass is 19.1. The molecule has 3 N–H and O–H groups in total. The fourth-order valence-electron chi connectivity index (χ4n) is 1.05. The van der Waals surface area contributed by atoms with Gasteiger partial charge in [0.2, 0.25) is 0 Å². The largest absolute Gasteiger partial charge is 0.344 e. The lowest BCUT2D eigenvalue weighted by atomic mass is 9.90. The summed E-state index contributed by atoms with van der Waals surface area (Å²) in [5.74, 6) is -0.370. The number of rotatable bonds is 0. The van der Waals surface area contributed by atoms with Gasteiger partial charge in [-0.15, -0.1) is 0 Å². The van der Waals surface area contributed by atoms with Crippen molar-refractivity contribution in [3.05, 3.63) is 35.1 Å². The van der Waals surface area contributed by atoms with E-state index in [0.717, 1.165) is 0 Å². The van der Waals surface area contributed by atoms with Gasteiger partial charge in [0.05, 0.1) is 0 Å². The van der Waals surface area contributed by atoms with E-state index in [2.05, 4.69) is 0 Å². The van der Waals surface area contributed by atoms with Crippen LogP contribution in [0.2, 0.25) is 0 Å². The van der Waals surface area contributed by atoms with Crippen molar-refractivity contribution in [2.24, 2.45) is 0 Å². The monoisotopic (exact) mass is 143 g/mol. The normalized spacial score (nSPS) is 13.8. The average Bonchev–Trinajstić information content (AvgIpc) is 1.91. The van der Waals surface area contributed by atoms with Crippen LogP contribution in [0.3, 0.4) is 0 Å². The fraction of sp³-hybridized carbons (Fsp3) is 0.143. The Balaban J connectivity index is 0.000000500. The number of benzene rings is 1. The first kappa shape index (κ1) is 7.15. The predicted octanol–water partition coefficient (Wildman–Crippen LogP) is 2.36. The zero-order valence-corrected chi connectivity index (χ0v) is 5.27. The van der Waals surface area contributed by atoms with Crippen molar-refractivity contribution < 1.29 is 8.78 Å². The summed E-state index contributed by atoms with van der Waals surface area (Å²) in [6.45, 7) is 0. The highest BCUT2D eigenvalue weighted by Gasteiger charge is 2.30.